The molecule has 6 atom stereocenters. The summed E-state index contributed by atoms with van der Waals surface area (Å²) in [5.74, 6) is -4.61. The Morgan fingerprint density at radius 1 is 1.07 bits per heavy atom. The lowest BCUT2D eigenvalue weighted by Gasteiger charge is -2.47. The number of aromatic nitrogens is 3. The van der Waals surface area contributed by atoms with Gasteiger partial charge in [-0.1, -0.05) is 58.9 Å². The van der Waals surface area contributed by atoms with E-state index in [1.165, 1.54) is 15.8 Å². The maximum atomic E-state index is 14.0. The van der Waals surface area contributed by atoms with Gasteiger partial charge in [-0.2, -0.15) is 0 Å². The second kappa shape index (κ2) is 12.5. The number of benzene rings is 3. The Bertz CT molecular complexity index is 1660. The molecule has 9 nitrogen and oxygen atoms in total. The van der Waals surface area contributed by atoms with E-state index in [2.05, 4.69) is 10.3 Å². The predicted molar refractivity (Wildman–Crippen MR) is 154 cm³/mol. The minimum Gasteiger partial charge on any atom is -0.387 e. The van der Waals surface area contributed by atoms with E-state index >= 15 is 0 Å². The fourth-order valence-corrected chi connectivity index (χ4v) is 6.62. The lowest BCUT2D eigenvalue weighted by molar-refractivity contribution is -0.306. The molecule has 0 aliphatic carbocycles. The number of hydrogen-bond donors (Lipinski definition) is 1. The van der Waals surface area contributed by atoms with Crippen LogP contribution >= 0.6 is 23.4 Å². The molecule has 0 spiro atoms. The number of carbonyl (C=O) groups is 1. The number of carbonyl (C=O) groups excluding carboxylic acids is 1. The van der Waals surface area contributed by atoms with Crippen LogP contribution in [-0.2, 0) is 14.2 Å². The lowest BCUT2D eigenvalue weighted by Crippen LogP contribution is -2.58. The first-order chi connectivity index (χ1) is 21.1. The molecular weight excluding hydrogens is 621 g/mol. The van der Waals surface area contributed by atoms with E-state index in [4.69, 9.17) is 25.8 Å². The van der Waals surface area contributed by atoms with Gasteiger partial charge >= 0.3 is 0 Å². The molecule has 0 bridgehead atoms. The molecule has 0 saturated carbocycles. The van der Waals surface area contributed by atoms with Crippen molar-refractivity contribution < 1.29 is 37.3 Å². The molecule has 0 radical (unpaired) electrons. The number of thioether (sulfide) groups is 1. The van der Waals surface area contributed by atoms with Crippen LogP contribution in [-0.4, -0.2) is 75.4 Å². The fourth-order valence-electron chi connectivity index (χ4n) is 5.16. The van der Waals surface area contributed by atoms with E-state index in [9.17, 15) is 23.1 Å². The summed E-state index contributed by atoms with van der Waals surface area (Å²) in [5, 5.41) is 20.4. The Morgan fingerprint density at radius 2 is 1.80 bits per heavy atom. The standard InChI is InChI=1S/C30H26ClF3N4O5S/c1-37(2)28(40)18-9-8-17(31)12-23(18)44-30-26(39)25(27-22(42-30)14-41-29(43-27)15-6-4-3-5-7-15)38-13-21(35-36-38)16-10-19(32)24(34)20(33)11-16/h3-13,22,25-27,29-30,39H,14H2,1-2H3/t22?,25?,26?,27-,29?,30+/m0/s1. The molecule has 230 valence electrons. The summed E-state index contributed by atoms with van der Waals surface area (Å²) in [6, 6.07) is 14.7. The number of nitrogens with zero attached hydrogens (tertiary/aromatic N) is 4. The summed E-state index contributed by atoms with van der Waals surface area (Å²) in [4.78, 5) is 14.8. The summed E-state index contributed by atoms with van der Waals surface area (Å²) in [5.41, 5.74) is 0.156. The van der Waals surface area contributed by atoms with Crippen LogP contribution in [0, 0.1) is 17.5 Å². The van der Waals surface area contributed by atoms with Gasteiger partial charge < -0.3 is 24.2 Å². The number of aliphatic hydroxyl groups excluding tert-OH is 1. The maximum Gasteiger partial charge on any atom is 0.254 e. The third kappa shape index (κ3) is 5.95. The van der Waals surface area contributed by atoms with Gasteiger partial charge in [0.25, 0.3) is 5.91 Å². The molecule has 2 saturated heterocycles. The summed E-state index contributed by atoms with van der Waals surface area (Å²) in [7, 11) is 3.25. The molecule has 4 unspecified atom stereocenters. The van der Waals surface area contributed by atoms with E-state index in [-0.39, 0.29) is 23.8 Å². The summed E-state index contributed by atoms with van der Waals surface area (Å²) >= 11 is 7.38. The zero-order valence-corrected chi connectivity index (χ0v) is 24.9. The van der Waals surface area contributed by atoms with Gasteiger partial charge in [-0.05, 0) is 30.3 Å². The minimum absolute atomic E-state index is 0.0440. The molecule has 3 heterocycles. The highest BCUT2D eigenvalue weighted by atomic mass is 35.5. The SMILES string of the molecule is CN(C)C(=O)c1ccc(Cl)cc1S[C@H]1OC2COC(c3ccccc3)O[C@@H]2C(n2cc(-c3cc(F)c(F)c(F)c3)nn2)C1O. The summed E-state index contributed by atoms with van der Waals surface area (Å²) in [6.45, 7) is 0.0967. The Kier molecular flexibility index (Phi) is 8.68. The van der Waals surface area contributed by atoms with Crippen LogP contribution in [0.25, 0.3) is 11.3 Å². The van der Waals surface area contributed by atoms with Crippen LogP contribution in [0.3, 0.4) is 0 Å². The van der Waals surface area contributed by atoms with Crippen LogP contribution in [0.5, 0.6) is 0 Å². The zero-order valence-electron chi connectivity index (χ0n) is 23.3. The van der Waals surface area contributed by atoms with Gasteiger partial charge in [0, 0.05) is 35.1 Å². The topological polar surface area (TPSA) is 98.9 Å². The quantitative estimate of drug-likeness (QED) is 0.284. The zero-order chi connectivity index (χ0) is 31.1. The second-order valence-corrected chi connectivity index (χ2v) is 12.1. The first kappa shape index (κ1) is 30.6. The molecule has 44 heavy (non-hydrogen) atoms. The first-order valence-electron chi connectivity index (χ1n) is 13.5. The van der Waals surface area contributed by atoms with Crippen molar-refractivity contribution in [3.63, 3.8) is 0 Å². The van der Waals surface area contributed by atoms with E-state index < -0.39 is 53.5 Å². The average Bonchev–Trinajstić information content (AvgIpc) is 3.50. The largest absolute Gasteiger partial charge is 0.387 e. The molecule has 14 heteroatoms. The number of aliphatic hydroxyl groups is 1. The van der Waals surface area contributed by atoms with Gasteiger partial charge in [-0.3, -0.25) is 4.79 Å². The third-order valence-electron chi connectivity index (χ3n) is 7.32. The number of fused-ring (bicyclic) bond motifs is 1. The Balaban J connectivity index is 1.36. The van der Waals surface area contributed by atoms with E-state index in [1.807, 2.05) is 30.3 Å². The van der Waals surface area contributed by atoms with E-state index in [0.29, 0.717) is 15.5 Å². The van der Waals surface area contributed by atoms with Crippen molar-refractivity contribution >= 4 is 29.3 Å². The fraction of sp³-hybridized carbons (Fsp3) is 0.300. The molecule has 2 aliphatic rings. The van der Waals surface area contributed by atoms with Crippen molar-refractivity contribution in [1.82, 2.24) is 19.9 Å². The molecule has 3 aromatic carbocycles. The highest BCUT2D eigenvalue weighted by Crippen LogP contribution is 2.44. The van der Waals surface area contributed by atoms with Crippen molar-refractivity contribution in [3.05, 3.63) is 100 Å². The smallest absolute Gasteiger partial charge is 0.254 e. The van der Waals surface area contributed by atoms with Crippen molar-refractivity contribution in [1.29, 1.82) is 0 Å². The number of hydrogen-bond acceptors (Lipinski definition) is 8. The normalized spacial score (nSPS) is 25.0. The van der Waals surface area contributed by atoms with Crippen molar-refractivity contribution in [2.24, 2.45) is 0 Å². The highest BCUT2D eigenvalue weighted by molar-refractivity contribution is 8.00. The maximum absolute atomic E-state index is 14.0. The van der Waals surface area contributed by atoms with Crippen LogP contribution < -0.4 is 0 Å². The minimum atomic E-state index is -1.60. The highest BCUT2D eigenvalue weighted by Gasteiger charge is 2.51. The van der Waals surface area contributed by atoms with Crippen molar-refractivity contribution in [2.45, 2.75) is 41.0 Å². The molecule has 1 amide bonds. The van der Waals surface area contributed by atoms with Gasteiger partial charge in [0.05, 0.1) is 18.4 Å². The van der Waals surface area contributed by atoms with Gasteiger partial charge in [0.1, 0.15) is 35.5 Å². The van der Waals surface area contributed by atoms with Gasteiger partial charge in [-0.15, -0.1) is 5.10 Å². The third-order valence-corrected chi connectivity index (χ3v) is 8.77. The van der Waals surface area contributed by atoms with E-state index in [0.717, 1.165) is 29.5 Å². The molecule has 2 aliphatic heterocycles. The number of amides is 1. The second-order valence-electron chi connectivity index (χ2n) is 10.5. The van der Waals surface area contributed by atoms with Gasteiger partial charge in [0.2, 0.25) is 0 Å². The molecule has 1 aromatic heterocycles. The predicted octanol–water partition coefficient (Wildman–Crippen LogP) is 5.25. The summed E-state index contributed by atoms with van der Waals surface area (Å²) < 4.78 is 61.6. The molecule has 2 fully saturated rings. The van der Waals surface area contributed by atoms with E-state index in [1.54, 1.807) is 32.3 Å². The lowest BCUT2D eigenvalue weighted by atomic mass is 9.96. The Hall–Kier alpha value is -3.46. The monoisotopic (exact) mass is 646 g/mol. The number of rotatable bonds is 6. The van der Waals surface area contributed by atoms with Crippen LogP contribution in [0.1, 0.15) is 28.3 Å². The van der Waals surface area contributed by atoms with Gasteiger partial charge in [-0.25, -0.2) is 17.9 Å². The molecule has 6 rings (SSSR count). The molecular formula is C30H26ClF3N4O5S. The summed E-state index contributed by atoms with van der Waals surface area (Å²) in [6.07, 6.45) is -2.18. The number of halogens is 4. The molecule has 1 N–H and O–H groups in total. The first-order valence-corrected chi connectivity index (χ1v) is 14.8. The Labute approximate surface area is 259 Å². The average molecular weight is 647 g/mol. The van der Waals surface area contributed by atoms with Crippen LogP contribution in [0.15, 0.2) is 71.8 Å². The molecule has 4 aromatic rings. The van der Waals surface area contributed by atoms with Crippen LogP contribution in [0.2, 0.25) is 5.02 Å². The van der Waals surface area contributed by atoms with Crippen molar-refractivity contribution in [2.75, 3.05) is 20.7 Å². The number of ether oxygens (including phenoxy) is 3. The van der Waals surface area contributed by atoms with Gasteiger partial charge in [0.15, 0.2) is 23.7 Å². The van der Waals surface area contributed by atoms with Crippen molar-refractivity contribution in [3.8, 4) is 11.3 Å². The Morgan fingerprint density at radius 3 is 2.50 bits per heavy atom. The van der Waals surface area contributed by atoms with Crippen LogP contribution in [0.4, 0.5) is 13.2 Å².